The van der Waals surface area contributed by atoms with Crippen molar-refractivity contribution in [2.45, 2.75) is 0 Å². The maximum absolute atomic E-state index is 12.2. The van der Waals surface area contributed by atoms with E-state index in [4.69, 9.17) is 22.1 Å². The minimum Gasteiger partial charge on any atom is -0.497 e. The van der Waals surface area contributed by atoms with Crippen molar-refractivity contribution in [2.24, 2.45) is 0 Å². The zero-order chi connectivity index (χ0) is 16.8. The molecule has 2 aromatic rings. The maximum Gasteiger partial charge on any atom is 0.335 e. The Labute approximate surface area is 138 Å². The van der Waals surface area contributed by atoms with E-state index >= 15 is 0 Å². The molecule has 2 N–H and O–H groups in total. The molecule has 0 aliphatic heterocycles. The molecule has 7 heteroatoms. The molecule has 2 rings (SSSR count). The van der Waals surface area contributed by atoms with Crippen LogP contribution >= 0.6 is 12.2 Å². The van der Waals surface area contributed by atoms with E-state index in [-0.39, 0.29) is 11.5 Å². The summed E-state index contributed by atoms with van der Waals surface area (Å²) in [5.74, 6) is -1.13. The van der Waals surface area contributed by atoms with Crippen LogP contribution in [0.25, 0.3) is 0 Å². The van der Waals surface area contributed by atoms with Gasteiger partial charge in [0.2, 0.25) is 0 Å². The Morgan fingerprint density at radius 1 is 1.17 bits per heavy atom. The van der Waals surface area contributed by atoms with Gasteiger partial charge in [0.15, 0.2) is 0 Å². The van der Waals surface area contributed by atoms with Crippen LogP contribution in [-0.4, -0.2) is 29.6 Å². The molecule has 1 amide bonds. The molecule has 0 bridgehead atoms. The number of nitrogens with one attached hydrogen (secondary N) is 1. The second-order valence-electron chi connectivity index (χ2n) is 4.51. The number of anilines is 1. The molecule has 23 heavy (non-hydrogen) atoms. The molecular weight excluding hydrogens is 316 g/mol. The first kappa shape index (κ1) is 16.4. The summed E-state index contributed by atoms with van der Waals surface area (Å²) in [7, 11) is 1.43. The smallest absolute Gasteiger partial charge is 0.335 e. The first-order valence-corrected chi connectivity index (χ1v) is 7.05. The zero-order valence-corrected chi connectivity index (χ0v) is 13.0. The highest BCUT2D eigenvalue weighted by atomic mass is 32.1. The highest BCUT2D eigenvalue weighted by Crippen LogP contribution is 2.23. The van der Waals surface area contributed by atoms with Crippen molar-refractivity contribution < 1.29 is 19.4 Å². The number of amides is 1. The first-order valence-electron chi connectivity index (χ1n) is 6.58. The molecule has 0 spiro atoms. The third-order valence-electron chi connectivity index (χ3n) is 3.02. The largest absolute Gasteiger partial charge is 0.497 e. The SMILES string of the molecule is COc1cc(C(=O)O)cc(N(C=S)NC(=O)c2ccccc2)c1. The van der Waals surface area contributed by atoms with Gasteiger partial charge in [0.05, 0.1) is 23.9 Å². The van der Waals surface area contributed by atoms with Gasteiger partial charge in [-0.15, -0.1) is 0 Å². The molecule has 0 radical (unpaired) electrons. The number of carbonyl (C=O) groups is 2. The van der Waals surface area contributed by atoms with Crippen LogP contribution in [0, 0.1) is 0 Å². The predicted molar refractivity (Wildman–Crippen MR) is 90.0 cm³/mol. The van der Waals surface area contributed by atoms with Crippen LogP contribution in [0.3, 0.4) is 0 Å². The lowest BCUT2D eigenvalue weighted by Crippen LogP contribution is -2.41. The highest BCUT2D eigenvalue weighted by Gasteiger charge is 2.14. The number of hydrogen-bond acceptors (Lipinski definition) is 4. The first-order chi connectivity index (χ1) is 11.0. The number of methoxy groups -OCH3 is 1. The summed E-state index contributed by atoms with van der Waals surface area (Å²) in [5, 5.41) is 10.4. The number of aromatic carboxylic acids is 1. The fourth-order valence-corrected chi connectivity index (χ4v) is 2.05. The number of thiocarbonyl (C=S) groups is 1. The van der Waals surface area contributed by atoms with Gasteiger partial charge < -0.3 is 9.84 Å². The van der Waals surface area contributed by atoms with Crippen molar-refractivity contribution in [3.05, 3.63) is 59.7 Å². The summed E-state index contributed by atoms with van der Waals surface area (Å²) in [6.45, 7) is 0. The maximum atomic E-state index is 12.2. The van der Waals surface area contributed by atoms with E-state index in [1.165, 1.54) is 29.7 Å². The topological polar surface area (TPSA) is 78.9 Å². The van der Waals surface area contributed by atoms with E-state index in [9.17, 15) is 9.59 Å². The number of nitrogens with zero attached hydrogens (tertiary/aromatic N) is 1. The van der Waals surface area contributed by atoms with Crippen LogP contribution in [-0.2, 0) is 0 Å². The van der Waals surface area contributed by atoms with Crippen molar-refractivity contribution in [3.8, 4) is 5.75 Å². The monoisotopic (exact) mass is 330 g/mol. The van der Waals surface area contributed by atoms with Gasteiger partial charge in [-0.2, -0.15) is 0 Å². The summed E-state index contributed by atoms with van der Waals surface area (Å²) >= 11 is 4.91. The summed E-state index contributed by atoms with van der Waals surface area (Å²) < 4.78 is 5.08. The Kier molecular flexibility index (Phi) is 5.27. The van der Waals surface area contributed by atoms with Crippen molar-refractivity contribution in [1.82, 2.24) is 5.43 Å². The van der Waals surface area contributed by atoms with Crippen molar-refractivity contribution in [3.63, 3.8) is 0 Å². The van der Waals surface area contributed by atoms with Crippen molar-refractivity contribution >= 4 is 35.3 Å². The normalized spacial score (nSPS) is 9.78. The lowest BCUT2D eigenvalue weighted by Gasteiger charge is -2.21. The van der Waals surface area contributed by atoms with Crippen molar-refractivity contribution in [2.75, 3.05) is 12.1 Å². The third-order valence-corrected chi connectivity index (χ3v) is 3.23. The molecule has 0 unspecified atom stereocenters. The van der Waals surface area contributed by atoms with Gasteiger partial charge in [0.25, 0.3) is 5.91 Å². The number of rotatable bonds is 6. The molecule has 0 saturated carbocycles. The Morgan fingerprint density at radius 3 is 2.43 bits per heavy atom. The molecule has 0 fully saturated rings. The molecule has 0 aliphatic carbocycles. The predicted octanol–water partition coefficient (Wildman–Crippen LogP) is 2.50. The number of carboxylic acid groups (broad SMARTS) is 1. The molecule has 0 atom stereocenters. The van der Waals surface area contributed by atoms with Gasteiger partial charge in [0, 0.05) is 11.6 Å². The zero-order valence-electron chi connectivity index (χ0n) is 12.2. The Hall–Kier alpha value is -2.93. The molecule has 2 aromatic carbocycles. The molecule has 0 aliphatic rings. The number of carboxylic acids is 1. The average Bonchev–Trinajstić information content (AvgIpc) is 2.59. The molecule has 118 valence electrons. The van der Waals surface area contributed by atoms with E-state index in [1.54, 1.807) is 36.4 Å². The highest BCUT2D eigenvalue weighted by molar-refractivity contribution is 7.79. The molecule has 0 heterocycles. The van der Waals surface area contributed by atoms with Crippen LogP contribution in [0.2, 0.25) is 0 Å². The number of hydrogen-bond donors (Lipinski definition) is 2. The lowest BCUT2D eigenvalue weighted by molar-refractivity contribution is 0.0696. The Morgan fingerprint density at radius 2 is 1.87 bits per heavy atom. The Balaban J connectivity index is 2.30. The number of benzene rings is 2. The standard InChI is InChI=1S/C16H14N2O4S/c1-22-14-8-12(16(20)21)7-13(9-14)18(10-23)17-15(19)11-5-3-2-4-6-11/h2-10H,1H3,(H,17,19)(H,20,21). The molecule has 0 saturated heterocycles. The summed E-state index contributed by atoms with van der Waals surface area (Å²) in [6, 6.07) is 12.9. The average molecular weight is 330 g/mol. The van der Waals surface area contributed by atoms with Gasteiger partial charge in [0.1, 0.15) is 5.75 Å². The molecule has 6 nitrogen and oxygen atoms in total. The molecule has 0 aromatic heterocycles. The minimum atomic E-state index is -1.11. The Bertz CT molecular complexity index is 734. The minimum absolute atomic E-state index is 0.0233. The second kappa shape index (κ2) is 7.37. The van der Waals surface area contributed by atoms with Crippen LogP contribution in [0.4, 0.5) is 5.69 Å². The van der Waals surface area contributed by atoms with E-state index in [1.807, 2.05) is 0 Å². The summed E-state index contributed by atoms with van der Waals surface area (Å²) in [5.41, 5.74) is 4.67. The van der Waals surface area contributed by atoms with Gasteiger partial charge in [-0.1, -0.05) is 30.4 Å². The van der Waals surface area contributed by atoms with Crippen LogP contribution in [0.15, 0.2) is 48.5 Å². The lowest BCUT2D eigenvalue weighted by atomic mass is 10.2. The fourth-order valence-electron chi connectivity index (χ4n) is 1.88. The number of carbonyl (C=O) groups excluding carboxylic acids is 1. The third kappa shape index (κ3) is 4.04. The van der Waals surface area contributed by atoms with Gasteiger partial charge in [-0.25, -0.2) is 9.80 Å². The number of hydrazine groups is 1. The van der Waals surface area contributed by atoms with Crippen LogP contribution in [0.1, 0.15) is 20.7 Å². The van der Waals surface area contributed by atoms with Gasteiger partial charge in [-0.3, -0.25) is 10.2 Å². The van der Waals surface area contributed by atoms with E-state index in [2.05, 4.69) is 5.43 Å². The van der Waals surface area contributed by atoms with E-state index < -0.39 is 5.97 Å². The summed E-state index contributed by atoms with van der Waals surface area (Å²) in [6.07, 6.45) is 0. The second-order valence-corrected chi connectivity index (χ2v) is 4.72. The van der Waals surface area contributed by atoms with E-state index in [0.717, 1.165) is 0 Å². The fraction of sp³-hybridized carbons (Fsp3) is 0.0625. The van der Waals surface area contributed by atoms with Gasteiger partial charge in [-0.05, 0) is 24.3 Å². The summed E-state index contributed by atoms with van der Waals surface area (Å²) in [4.78, 5) is 23.4. The van der Waals surface area contributed by atoms with Crippen LogP contribution in [0.5, 0.6) is 5.75 Å². The van der Waals surface area contributed by atoms with Gasteiger partial charge >= 0.3 is 5.97 Å². The van der Waals surface area contributed by atoms with Crippen molar-refractivity contribution in [1.29, 1.82) is 0 Å². The van der Waals surface area contributed by atoms with Crippen LogP contribution < -0.4 is 15.2 Å². The number of ether oxygens (including phenoxy) is 1. The molecular formula is C16H14N2O4S. The quantitative estimate of drug-likeness (QED) is 0.626. The van der Waals surface area contributed by atoms with E-state index in [0.29, 0.717) is 17.0 Å².